The van der Waals surface area contributed by atoms with Crippen molar-refractivity contribution in [3.05, 3.63) is 0 Å². The van der Waals surface area contributed by atoms with E-state index in [1.165, 1.54) is 4.90 Å². The molecule has 2 amide bonds. The lowest BCUT2D eigenvalue weighted by atomic mass is 10.1. The molecule has 6 nitrogen and oxygen atoms in total. The van der Waals surface area contributed by atoms with E-state index in [-0.39, 0.29) is 11.8 Å². The molecule has 1 fully saturated rings. The number of rotatable bonds is 5. The summed E-state index contributed by atoms with van der Waals surface area (Å²) in [6, 6.07) is 0. The van der Waals surface area contributed by atoms with Crippen LogP contribution in [0, 0.1) is 0 Å². The van der Waals surface area contributed by atoms with Gasteiger partial charge < -0.3 is 10.6 Å². The number of nitrogens with one attached hydrogen (secondary N) is 2. The van der Waals surface area contributed by atoms with Gasteiger partial charge in [0, 0.05) is 39.5 Å². The summed E-state index contributed by atoms with van der Waals surface area (Å²) in [6.07, 6.45) is 2.66. The first-order valence-electron chi connectivity index (χ1n) is 6.46. The number of imide groups is 1. The molecule has 0 saturated carbocycles. The molecule has 2 N–H and O–H groups in total. The zero-order chi connectivity index (χ0) is 13.4. The van der Waals surface area contributed by atoms with Crippen LogP contribution in [-0.4, -0.2) is 49.4 Å². The van der Waals surface area contributed by atoms with Crippen molar-refractivity contribution in [2.45, 2.75) is 32.6 Å². The molecule has 6 heteroatoms. The third-order valence-corrected chi connectivity index (χ3v) is 2.78. The fourth-order valence-corrected chi connectivity index (χ4v) is 1.80. The van der Waals surface area contributed by atoms with Crippen LogP contribution in [0.25, 0.3) is 0 Å². The van der Waals surface area contributed by atoms with Crippen molar-refractivity contribution in [3.8, 4) is 0 Å². The van der Waals surface area contributed by atoms with E-state index in [0.29, 0.717) is 38.3 Å². The summed E-state index contributed by atoms with van der Waals surface area (Å²) < 4.78 is 0. The summed E-state index contributed by atoms with van der Waals surface area (Å²) in [5, 5.41) is 6.22. The maximum absolute atomic E-state index is 11.6. The maximum atomic E-state index is 11.6. The number of amides is 2. The second kappa shape index (κ2) is 7.68. The highest BCUT2D eigenvalue weighted by molar-refractivity contribution is 5.97. The predicted molar refractivity (Wildman–Crippen MR) is 70.2 cm³/mol. The van der Waals surface area contributed by atoms with Gasteiger partial charge in [-0.25, -0.2) is 0 Å². The van der Waals surface area contributed by atoms with Gasteiger partial charge >= 0.3 is 0 Å². The molecule has 0 radical (unpaired) electrons. The molecule has 0 unspecified atom stereocenters. The Balaban J connectivity index is 2.31. The second-order valence-corrected chi connectivity index (χ2v) is 4.22. The van der Waals surface area contributed by atoms with E-state index in [0.717, 1.165) is 13.0 Å². The Morgan fingerprint density at radius 3 is 2.39 bits per heavy atom. The average molecular weight is 254 g/mol. The molecule has 0 aromatic heterocycles. The lowest BCUT2D eigenvalue weighted by molar-refractivity contribution is -0.147. The summed E-state index contributed by atoms with van der Waals surface area (Å²) in [5.41, 5.74) is 0. The van der Waals surface area contributed by atoms with Gasteiger partial charge in [0.2, 0.25) is 11.8 Å². The Labute approximate surface area is 108 Å². The fraction of sp³-hybridized carbons (Fsp3) is 0.750. The Bertz CT molecular complexity index is 312. The maximum Gasteiger partial charge on any atom is 0.229 e. The molecule has 0 atom stereocenters. The van der Waals surface area contributed by atoms with Gasteiger partial charge in [-0.2, -0.15) is 0 Å². The van der Waals surface area contributed by atoms with Gasteiger partial charge in [-0.05, 0) is 12.8 Å². The Morgan fingerprint density at radius 2 is 1.83 bits per heavy atom. The number of piperidine rings is 1. The Kier molecular flexibility index (Phi) is 6.18. The topological polar surface area (TPSA) is 73.8 Å². The number of nitrogens with zero attached hydrogens (tertiary/aromatic N) is 2. The van der Waals surface area contributed by atoms with Gasteiger partial charge in [0.05, 0.1) is 0 Å². The van der Waals surface area contributed by atoms with Crippen LogP contribution in [0.2, 0.25) is 0 Å². The van der Waals surface area contributed by atoms with Crippen LogP contribution in [0.5, 0.6) is 0 Å². The van der Waals surface area contributed by atoms with Crippen molar-refractivity contribution >= 4 is 17.8 Å². The number of likely N-dealkylation sites (tertiary alicyclic amines) is 1. The molecule has 18 heavy (non-hydrogen) atoms. The van der Waals surface area contributed by atoms with Crippen LogP contribution < -0.4 is 10.6 Å². The predicted octanol–water partition coefficient (Wildman–Crippen LogP) is 0.101. The molecule has 0 aliphatic carbocycles. The first-order chi connectivity index (χ1) is 8.69. The van der Waals surface area contributed by atoms with Crippen molar-refractivity contribution in [1.82, 2.24) is 15.5 Å². The lowest BCUT2D eigenvalue weighted by Gasteiger charge is -2.25. The summed E-state index contributed by atoms with van der Waals surface area (Å²) >= 11 is 0. The highest BCUT2D eigenvalue weighted by Crippen LogP contribution is 2.11. The van der Waals surface area contributed by atoms with Crippen LogP contribution in [0.4, 0.5) is 0 Å². The van der Waals surface area contributed by atoms with Crippen LogP contribution in [0.3, 0.4) is 0 Å². The van der Waals surface area contributed by atoms with Crippen LogP contribution in [-0.2, 0) is 9.59 Å². The van der Waals surface area contributed by atoms with Crippen molar-refractivity contribution < 1.29 is 9.59 Å². The van der Waals surface area contributed by atoms with E-state index in [1.807, 2.05) is 0 Å². The molecule has 0 aromatic rings. The highest BCUT2D eigenvalue weighted by atomic mass is 16.2. The average Bonchev–Trinajstić information content (AvgIpc) is 2.36. The molecule has 1 aliphatic heterocycles. The van der Waals surface area contributed by atoms with Crippen molar-refractivity contribution in [2.24, 2.45) is 4.99 Å². The zero-order valence-corrected chi connectivity index (χ0v) is 11.2. The fourth-order valence-electron chi connectivity index (χ4n) is 1.80. The first kappa shape index (κ1) is 14.5. The van der Waals surface area contributed by atoms with E-state index in [1.54, 1.807) is 7.05 Å². The van der Waals surface area contributed by atoms with Gasteiger partial charge in [0.1, 0.15) is 0 Å². The van der Waals surface area contributed by atoms with E-state index in [9.17, 15) is 9.59 Å². The third-order valence-electron chi connectivity index (χ3n) is 2.78. The van der Waals surface area contributed by atoms with Gasteiger partial charge in [-0.1, -0.05) is 6.92 Å². The van der Waals surface area contributed by atoms with Gasteiger partial charge in [-0.3, -0.25) is 19.5 Å². The molecule has 0 bridgehead atoms. The van der Waals surface area contributed by atoms with Crippen LogP contribution >= 0.6 is 0 Å². The van der Waals surface area contributed by atoms with E-state index >= 15 is 0 Å². The van der Waals surface area contributed by atoms with Crippen molar-refractivity contribution in [1.29, 1.82) is 0 Å². The van der Waals surface area contributed by atoms with Crippen molar-refractivity contribution in [2.75, 3.05) is 26.7 Å². The molecule has 0 aromatic carbocycles. The van der Waals surface area contributed by atoms with Gasteiger partial charge in [0.25, 0.3) is 0 Å². The quantitative estimate of drug-likeness (QED) is 0.414. The van der Waals surface area contributed by atoms with E-state index in [4.69, 9.17) is 0 Å². The molecule has 1 rings (SSSR count). The highest BCUT2D eigenvalue weighted by Gasteiger charge is 2.25. The summed E-state index contributed by atoms with van der Waals surface area (Å²) in [4.78, 5) is 28.5. The largest absolute Gasteiger partial charge is 0.356 e. The van der Waals surface area contributed by atoms with Crippen molar-refractivity contribution in [3.63, 3.8) is 0 Å². The van der Waals surface area contributed by atoms with E-state index < -0.39 is 0 Å². The zero-order valence-electron chi connectivity index (χ0n) is 11.2. The van der Waals surface area contributed by atoms with Crippen LogP contribution in [0.15, 0.2) is 4.99 Å². The number of hydrogen-bond donors (Lipinski definition) is 2. The summed E-state index contributed by atoms with van der Waals surface area (Å²) in [7, 11) is 1.70. The lowest BCUT2D eigenvalue weighted by Crippen LogP contribution is -2.46. The molecule has 1 heterocycles. The second-order valence-electron chi connectivity index (χ2n) is 4.22. The Morgan fingerprint density at radius 1 is 1.22 bits per heavy atom. The SMILES string of the molecule is CCCNC(=NC)NCCN1C(=O)CCCC1=O. The summed E-state index contributed by atoms with van der Waals surface area (Å²) in [6.45, 7) is 3.86. The minimum atomic E-state index is -0.0652. The number of carbonyl (C=O) groups excluding carboxylic acids is 2. The van der Waals surface area contributed by atoms with Gasteiger partial charge in [0.15, 0.2) is 5.96 Å². The summed E-state index contributed by atoms with van der Waals surface area (Å²) in [5.74, 6) is 0.572. The number of carbonyl (C=O) groups is 2. The van der Waals surface area contributed by atoms with Crippen LogP contribution in [0.1, 0.15) is 32.6 Å². The van der Waals surface area contributed by atoms with E-state index in [2.05, 4.69) is 22.5 Å². The molecule has 0 spiro atoms. The number of hydrogen-bond acceptors (Lipinski definition) is 3. The standard InChI is InChI=1S/C12H22N4O2/c1-3-7-14-12(13-2)15-8-9-16-10(17)5-4-6-11(16)18/h3-9H2,1-2H3,(H2,13,14,15). The third kappa shape index (κ3) is 4.35. The molecular formula is C12H22N4O2. The smallest absolute Gasteiger partial charge is 0.229 e. The minimum Gasteiger partial charge on any atom is -0.356 e. The Hall–Kier alpha value is -1.59. The first-order valence-corrected chi connectivity index (χ1v) is 6.46. The minimum absolute atomic E-state index is 0.0652. The molecule has 1 aliphatic rings. The number of aliphatic imine (C=N–C) groups is 1. The van der Waals surface area contributed by atoms with Gasteiger partial charge in [-0.15, -0.1) is 0 Å². The monoisotopic (exact) mass is 254 g/mol. The normalized spacial score (nSPS) is 17.0. The number of guanidine groups is 1. The molecule has 1 saturated heterocycles. The molecular weight excluding hydrogens is 232 g/mol. The molecule has 102 valence electrons.